The van der Waals surface area contributed by atoms with Gasteiger partial charge in [-0.2, -0.15) is 0 Å². The Balaban J connectivity index is 3.20. The fourth-order valence-electron chi connectivity index (χ4n) is 1.77. The number of hydrogen-bond acceptors (Lipinski definition) is 4. The van der Waals surface area contributed by atoms with Gasteiger partial charge in [0.15, 0.2) is 0 Å². The fourth-order valence-corrected chi connectivity index (χ4v) is 3.71. The molecular formula is C13H18BrNO5S. The van der Waals surface area contributed by atoms with Crippen LogP contribution in [0.2, 0.25) is 0 Å². The minimum Gasteiger partial charge on any atom is -0.478 e. The van der Waals surface area contributed by atoms with Crippen molar-refractivity contribution in [1.29, 1.82) is 0 Å². The van der Waals surface area contributed by atoms with Crippen LogP contribution >= 0.6 is 15.9 Å². The van der Waals surface area contributed by atoms with Crippen LogP contribution in [0.1, 0.15) is 37.0 Å². The molecule has 1 atom stereocenters. The van der Waals surface area contributed by atoms with Gasteiger partial charge in [-0.1, -0.05) is 6.92 Å². The number of halogens is 1. The summed E-state index contributed by atoms with van der Waals surface area (Å²) in [5.41, 5.74) is -0.914. The number of sulfonamides is 1. The van der Waals surface area contributed by atoms with Gasteiger partial charge in [0.05, 0.1) is 10.5 Å². The van der Waals surface area contributed by atoms with E-state index in [0.717, 1.165) is 6.07 Å². The van der Waals surface area contributed by atoms with Crippen LogP contribution < -0.4 is 4.72 Å². The molecule has 0 aliphatic carbocycles. The zero-order valence-corrected chi connectivity index (χ0v) is 14.2. The lowest BCUT2D eigenvalue weighted by atomic mass is 9.97. The number of nitrogens with one attached hydrogen (secondary N) is 1. The fraction of sp³-hybridized carbons (Fsp3) is 0.462. The van der Waals surface area contributed by atoms with Crippen molar-refractivity contribution in [2.45, 2.75) is 37.1 Å². The van der Waals surface area contributed by atoms with Gasteiger partial charge in [0.2, 0.25) is 10.0 Å². The largest absolute Gasteiger partial charge is 0.478 e. The van der Waals surface area contributed by atoms with Crippen LogP contribution in [0.25, 0.3) is 0 Å². The molecule has 0 fully saturated rings. The molecule has 0 aromatic heterocycles. The van der Waals surface area contributed by atoms with E-state index in [9.17, 15) is 13.2 Å². The summed E-state index contributed by atoms with van der Waals surface area (Å²) in [5.74, 6) is -1.22. The third-order valence-corrected chi connectivity index (χ3v) is 5.63. The number of carboxylic acids is 1. The van der Waals surface area contributed by atoms with Gasteiger partial charge < -0.3 is 10.2 Å². The van der Waals surface area contributed by atoms with E-state index in [1.165, 1.54) is 12.1 Å². The van der Waals surface area contributed by atoms with Gasteiger partial charge in [-0.3, -0.25) is 0 Å². The molecule has 1 rings (SSSR count). The highest BCUT2D eigenvalue weighted by molar-refractivity contribution is 9.10. The Kier molecular flexibility index (Phi) is 5.92. The average Bonchev–Trinajstić information content (AvgIpc) is 2.38. The van der Waals surface area contributed by atoms with E-state index in [1.54, 1.807) is 6.92 Å². The summed E-state index contributed by atoms with van der Waals surface area (Å²) in [4.78, 5) is 10.9. The van der Waals surface area contributed by atoms with Crippen LogP contribution in [0.5, 0.6) is 0 Å². The molecule has 1 unspecified atom stereocenters. The highest BCUT2D eigenvalue weighted by Gasteiger charge is 2.29. The van der Waals surface area contributed by atoms with Gasteiger partial charge in [0.1, 0.15) is 0 Å². The van der Waals surface area contributed by atoms with Gasteiger partial charge in [0.25, 0.3) is 0 Å². The average molecular weight is 380 g/mol. The highest BCUT2D eigenvalue weighted by Crippen LogP contribution is 2.23. The lowest BCUT2D eigenvalue weighted by Gasteiger charge is -2.28. The number of carboxylic acid groups (broad SMARTS) is 1. The molecule has 0 amide bonds. The van der Waals surface area contributed by atoms with Gasteiger partial charge in [-0.25, -0.2) is 17.9 Å². The Hall–Kier alpha value is -0.960. The zero-order chi connectivity index (χ0) is 16.3. The van der Waals surface area contributed by atoms with Crippen LogP contribution in [0.4, 0.5) is 0 Å². The monoisotopic (exact) mass is 379 g/mol. The maximum atomic E-state index is 12.4. The van der Waals surface area contributed by atoms with Gasteiger partial charge in [0, 0.05) is 16.6 Å². The van der Waals surface area contributed by atoms with E-state index >= 15 is 0 Å². The van der Waals surface area contributed by atoms with Crippen molar-refractivity contribution in [1.82, 2.24) is 4.72 Å². The quantitative estimate of drug-likeness (QED) is 0.671. The normalized spacial score (nSPS) is 14.7. The Morgan fingerprint density at radius 3 is 2.52 bits per heavy atom. The van der Waals surface area contributed by atoms with E-state index in [4.69, 9.17) is 10.2 Å². The van der Waals surface area contributed by atoms with Crippen LogP contribution in [0, 0.1) is 0 Å². The molecular weight excluding hydrogens is 362 g/mol. The van der Waals surface area contributed by atoms with Crippen LogP contribution in [0.15, 0.2) is 27.6 Å². The molecule has 3 N–H and O–H groups in total. The summed E-state index contributed by atoms with van der Waals surface area (Å²) in [6, 6.07) is 3.81. The van der Waals surface area contributed by atoms with Gasteiger partial charge in [-0.15, -0.1) is 0 Å². The summed E-state index contributed by atoms with van der Waals surface area (Å²) in [5, 5.41) is 18.1. The summed E-state index contributed by atoms with van der Waals surface area (Å²) < 4.78 is 27.6. The smallest absolute Gasteiger partial charge is 0.336 e. The maximum absolute atomic E-state index is 12.4. The molecule has 0 aliphatic rings. The first-order valence-corrected chi connectivity index (χ1v) is 8.60. The number of aliphatic hydroxyl groups is 1. The minimum atomic E-state index is -3.87. The van der Waals surface area contributed by atoms with Crippen molar-refractivity contribution in [3.63, 3.8) is 0 Å². The third kappa shape index (κ3) is 4.50. The lowest BCUT2D eigenvalue weighted by Crippen LogP contribution is -2.46. The van der Waals surface area contributed by atoms with E-state index in [0.29, 0.717) is 10.9 Å². The number of aromatic carboxylic acids is 1. The minimum absolute atomic E-state index is 0.124. The van der Waals surface area contributed by atoms with Crippen LogP contribution in [0.3, 0.4) is 0 Å². The standard InChI is InChI=1S/C13H18BrNO5S/c1-3-13(2,6-7-16)15-21(19,20)9-4-5-11(14)10(8-9)12(17)18/h4-5,8,15-16H,3,6-7H2,1-2H3,(H,17,18). The highest BCUT2D eigenvalue weighted by atomic mass is 79.9. The topological polar surface area (TPSA) is 104 Å². The Morgan fingerprint density at radius 2 is 2.05 bits per heavy atom. The molecule has 6 nitrogen and oxygen atoms in total. The first-order valence-electron chi connectivity index (χ1n) is 6.33. The Labute approximate surface area is 132 Å². The molecule has 1 aromatic rings. The number of benzene rings is 1. The predicted octanol–water partition coefficient (Wildman–Crippen LogP) is 1.98. The summed E-state index contributed by atoms with van der Waals surface area (Å²) in [6.07, 6.45) is 0.764. The first-order chi connectivity index (χ1) is 9.65. The molecule has 1 aromatic carbocycles. The van der Waals surface area contributed by atoms with Crippen LogP contribution in [-0.4, -0.2) is 36.7 Å². The molecule has 0 saturated heterocycles. The molecule has 0 aliphatic heterocycles. The summed E-state index contributed by atoms with van der Waals surface area (Å²) in [6.45, 7) is 3.35. The molecule has 0 radical (unpaired) electrons. The zero-order valence-electron chi connectivity index (χ0n) is 11.8. The second-order valence-electron chi connectivity index (χ2n) is 4.94. The van der Waals surface area contributed by atoms with Crippen molar-refractivity contribution < 1.29 is 23.4 Å². The molecule has 0 saturated carbocycles. The number of carbonyl (C=O) groups is 1. The molecule has 0 bridgehead atoms. The van der Waals surface area contributed by atoms with Crippen molar-refractivity contribution in [2.75, 3.05) is 6.61 Å². The van der Waals surface area contributed by atoms with Crippen molar-refractivity contribution in [2.24, 2.45) is 0 Å². The van der Waals surface area contributed by atoms with E-state index < -0.39 is 21.5 Å². The molecule has 0 heterocycles. The SMILES string of the molecule is CCC(C)(CCO)NS(=O)(=O)c1ccc(Br)c(C(=O)O)c1. The number of hydrogen-bond donors (Lipinski definition) is 3. The van der Waals surface area contributed by atoms with Crippen molar-refractivity contribution in [3.8, 4) is 0 Å². The predicted molar refractivity (Wildman–Crippen MR) is 81.8 cm³/mol. The number of rotatable bonds is 7. The third-order valence-electron chi connectivity index (χ3n) is 3.30. The second-order valence-corrected chi connectivity index (χ2v) is 7.48. The Morgan fingerprint density at radius 1 is 1.43 bits per heavy atom. The Bertz CT molecular complexity index is 631. The lowest BCUT2D eigenvalue weighted by molar-refractivity contribution is 0.0695. The summed E-state index contributed by atoms with van der Waals surface area (Å²) >= 11 is 3.07. The molecule has 8 heteroatoms. The molecule has 0 spiro atoms. The van der Waals surface area contributed by atoms with Crippen LogP contribution in [-0.2, 0) is 10.0 Å². The van der Waals surface area contributed by atoms with Crippen molar-refractivity contribution in [3.05, 3.63) is 28.2 Å². The second kappa shape index (κ2) is 6.87. The maximum Gasteiger partial charge on any atom is 0.336 e. The molecule has 21 heavy (non-hydrogen) atoms. The van der Waals surface area contributed by atoms with E-state index in [1.807, 2.05) is 6.92 Å². The van der Waals surface area contributed by atoms with E-state index in [-0.39, 0.29) is 23.5 Å². The van der Waals surface area contributed by atoms with Crippen molar-refractivity contribution >= 4 is 31.9 Å². The van der Waals surface area contributed by atoms with Gasteiger partial charge in [-0.05, 0) is 53.9 Å². The first kappa shape index (κ1) is 18.1. The molecule has 118 valence electrons. The van der Waals surface area contributed by atoms with E-state index in [2.05, 4.69) is 20.7 Å². The number of aliphatic hydroxyl groups excluding tert-OH is 1. The van der Waals surface area contributed by atoms with Gasteiger partial charge >= 0.3 is 5.97 Å². The summed E-state index contributed by atoms with van der Waals surface area (Å²) in [7, 11) is -3.87.